The molecule has 3 heteroatoms. The van der Waals surface area contributed by atoms with Gasteiger partial charge in [-0.25, -0.2) is 8.78 Å². The largest absolute Gasteiger partial charge is 0.393 e. The quantitative estimate of drug-likeness (QED) is 0.856. The minimum atomic E-state index is -2.32. The van der Waals surface area contributed by atoms with Crippen LogP contribution < -0.4 is 0 Å². The summed E-state index contributed by atoms with van der Waals surface area (Å²) in [5.41, 5.74) is 1.21. The van der Waals surface area contributed by atoms with E-state index in [1.807, 2.05) is 30.3 Å². The molecule has 0 aromatic heterocycles. The van der Waals surface area contributed by atoms with Gasteiger partial charge < -0.3 is 5.11 Å². The number of benzene rings is 1. The summed E-state index contributed by atoms with van der Waals surface area (Å²) in [4.78, 5) is 0. The molecule has 17 heavy (non-hydrogen) atoms. The molecule has 1 aliphatic rings. The SMILES string of the molecule is OC1CCC(c2ccccc2)CC1CC(F)F. The molecule has 0 bridgehead atoms. The summed E-state index contributed by atoms with van der Waals surface area (Å²) in [6, 6.07) is 9.99. The van der Waals surface area contributed by atoms with Crippen molar-refractivity contribution in [3.05, 3.63) is 35.9 Å². The molecule has 1 saturated carbocycles. The zero-order valence-corrected chi connectivity index (χ0v) is 9.73. The lowest BCUT2D eigenvalue weighted by atomic mass is 9.75. The summed E-state index contributed by atoms with van der Waals surface area (Å²) in [5.74, 6) is 0.0670. The Morgan fingerprint density at radius 3 is 2.53 bits per heavy atom. The third-order valence-electron chi connectivity index (χ3n) is 3.69. The Morgan fingerprint density at radius 2 is 1.88 bits per heavy atom. The molecule has 1 N–H and O–H groups in total. The van der Waals surface area contributed by atoms with E-state index in [4.69, 9.17) is 0 Å². The van der Waals surface area contributed by atoms with Gasteiger partial charge in [-0.2, -0.15) is 0 Å². The Morgan fingerprint density at radius 1 is 1.18 bits per heavy atom. The van der Waals surface area contributed by atoms with Gasteiger partial charge in [-0.15, -0.1) is 0 Å². The van der Waals surface area contributed by atoms with Crippen LogP contribution in [0.5, 0.6) is 0 Å². The van der Waals surface area contributed by atoms with Gasteiger partial charge in [-0.1, -0.05) is 30.3 Å². The smallest absolute Gasteiger partial charge is 0.239 e. The zero-order valence-electron chi connectivity index (χ0n) is 9.73. The van der Waals surface area contributed by atoms with Crippen LogP contribution in [-0.4, -0.2) is 17.6 Å². The second kappa shape index (κ2) is 5.58. The highest BCUT2D eigenvalue weighted by molar-refractivity contribution is 5.20. The maximum Gasteiger partial charge on any atom is 0.239 e. The fourth-order valence-electron chi connectivity index (χ4n) is 2.76. The third kappa shape index (κ3) is 3.25. The van der Waals surface area contributed by atoms with Crippen LogP contribution in [0.3, 0.4) is 0 Å². The Bertz CT molecular complexity index is 339. The molecule has 0 heterocycles. The normalized spacial score (nSPS) is 29.5. The van der Waals surface area contributed by atoms with Crippen LogP contribution >= 0.6 is 0 Å². The third-order valence-corrected chi connectivity index (χ3v) is 3.69. The van der Waals surface area contributed by atoms with Crippen LogP contribution in [0.15, 0.2) is 30.3 Å². The van der Waals surface area contributed by atoms with E-state index in [9.17, 15) is 13.9 Å². The summed E-state index contributed by atoms with van der Waals surface area (Å²) < 4.78 is 24.8. The van der Waals surface area contributed by atoms with Crippen molar-refractivity contribution in [2.75, 3.05) is 0 Å². The van der Waals surface area contributed by atoms with Gasteiger partial charge in [0.25, 0.3) is 0 Å². The minimum Gasteiger partial charge on any atom is -0.393 e. The Hall–Kier alpha value is -0.960. The second-order valence-electron chi connectivity index (χ2n) is 4.87. The first-order chi connectivity index (χ1) is 8.16. The molecule has 3 unspecified atom stereocenters. The highest BCUT2D eigenvalue weighted by Gasteiger charge is 2.31. The molecule has 1 aromatic rings. The van der Waals surface area contributed by atoms with Gasteiger partial charge in [0.05, 0.1) is 6.10 Å². The van der Waals surface area contributed by atoms with Crippen molar-refractivity contribution < 1.29 is 13.9 Å². The zero-order chi connectivity index (χ0) is 12.3. The van der Waals surface area contributed by atoms with E-state index in [2.05, 4.69) is 0 Å². The van der Waals surface area contributed by atoms with Crippen molar-refractivity contribution in [1.82, 2.24) is 0 Å². The van der Waals surface area contributed by atoms with Crippen molar-refractivity contribution in [1.29, 1.82) is 0 Å². The molecule has 0 spiro atoms. The van der Waals surface area contributed by atoms with E-state index in [0.29, 0.717) is 18.8 Å². The molecule has 0 saturated heterocycles. The molecular formula is C14H18F2O. The molecule has 1 nitrogen and oxygen atoms in total. The first-order valence-corrected chi connectivity index (χ1v) is 6.18. The predicted octanol–water partition coefficient (Wildman–Crippen LogP) is 3.59. The minimum absolute atomic E-state index is 0.176. The van der Waals surface area contributed by atoms with E-state index in [1.165, 1.54) is 5.56 Å². The van der Waals surface area contributed by atoms with Crippen LogP contribution in [-0.2, 0) is 0 Å². The van der Waals surface area contributed by atoms with Crippen LogP contribution in [0.2, 0.25) is 0 Å². The van der Waals surface area contributed by atoms with E-state index in [-0.39, 0.29) is 12.3 Å². The standard InChI is InChI=1S/C14H18F2O/c15-14(16)9-12-8-11(6-7-13(12)17)10-4-2-1-3-5-10/h1-5,11-14,17H,6-9H2. The van der Waals surface area contributed by atoms with Crippen LogP contribution in [0, 0.1) is 5.92 Å². The Balaban J connectivity index is 2.02. The number of aliphatic hydroxyl groups is 1. The second-order valence-corrected chi connectivity index (χ2v) is 4.87. The number of rotatable bonds is 3. The molecule has 0 radical (unpaired) electrons. The molecule has 0 amide bonds. The molecule has 1 aliphatic carbocycles. The number of aliphatic hydroxyl groups excluding tert-OH is 1. The summed E-state index contributed by atoms with van der Waals surface area (Å²) in [7, 11) is 0. The van der Waals surface area contributed by atoms with Gasteiger partial charge in [0, 0.05) is 6.42 Å². The van der Waals surface area contributed by atoms with Gasteiger partial charge in [0.2, 0.25) is 6.43 Å². The molecular weight excluding hydrogens is 222 g/mol. The summed E-state index contributed by atoms with van der Waals surface area (Å²) in [6.07, 6.45) is -0.838. The highest BCUT2D eigenvalue weighted by atomic mass is 19.3. The fraction of sp³-hybridized carbons (Fsp3) is 0.571. The van der Waals surface area contributed by atoms with E-state index in [0.717, 1.165) is 6.42 Å². The van der Waals surface area contributed by atoms with Gasteiger partial charge in [-0.3, -0.25) is 0 Å². The van der Waals surface area contributed by atoms with Gasteiger partial charge in [0.1, 0.15) is 0 Å². The first kappa shape index (κ1) is 12.5. The van der Waals surface area contributed by atoms with Crippen molar-refractivity contribution >= 4 is 0 Å². The van der Waals surface area contributed by atoms with Crippen molar-refractivity contribution in [3.8, 4) is 0 Å². The lowest BCUT2D eigenvalue weighted by Crippen LogP contribution is -2.29. The lowest BCUT2D eigenvalue weighted by Gasteiger charge is -2.33. The number of hydrogen-bond donors (Lipinski definition) is 1. The van der Waals surface area contributed by atoms with E-state index < -0.39 is 12.5 Å². The Kier molecular flexibility index (Phi) is 4.11. The topological polar surface area (TPSA) is 20.2 Å². The Labute approximate surface area is 100 Å². The average Bonchev–Trinajstić information content (AvgIpc) is 2.32. The summed E-state index contributed by atoms with van der Waals surface area (Å²) in [6.45, 7) is 0. The number of halogens is 2. The predicted molar refractivity (Wildman–Crippen MR) is 63.2 cm³/mol. The molecule has 1 aromatic carbocycles. The van der Waals surface area contributed by atoms with Crippen LogP contribution in [0.25, 0.3) is 0 Å². The van der Waals surface area contributed by atoms with Gasteiger partial charge in [-0.05, 0) is 36.7 Å². The van der Waals surface area contributed by atoms with Crippen LogP contribution in [0.1, 0.15) is 37.2 Å². The van der Waals surface area contributed by atoms with Gasteiger partial charge >= 0.3 is 0 Å². The lowest BCUT2D eigenvalue weighted by molar-refractivity contribution is 0.0177. The molecule has 3 atom stereocenters. The number of alkyl halides is 2. The molecule has 2 rings (SSSR count). The van der Waals surface area contributed by atoms with Gasteiger partial charge in [0.15, 0.2) is 0 Å². The van der Waals surface area contributed by atoms with E-state index in [1.54, 1.807) is 0 Å². The van der Waals surface area contributed by atoms with E-state index >= 15 is 0 Å². The number of hydrogen-bond acceptors (Lipinski definition) is 1. The monoisotopic (exact) mass is 240 g/mol. The maximum absolute atomic E-state index is 12.4. The molecule has 94 valence electrons. The van der Waals surface area contributed by atoms with Crippen LogP contribution in [0.4, 0.5) is 8.78 Å². The fourth-order valence-corrected chi connectivity index (χ4v) is 2.76. The summed E-state index contributed by atoms with van der Waals surface area (Å²) in [5, 5.41) is 9.75. The summed E-state index contributed by atoms with van der Waals surface area (Å²) >= 11 is 0. The first-order valence-electron chi connectivity index (χ1n) is 6.18. The average molecular weight is 240 g/mol. The van der Waals surface area contributed by atoms with Crippen molar-refractivity contribution in [2.24, 2.45) is 5.92 Å². The molecule has 1 fully saturated rings. The van der Waals surface area contributed by atoms with Crippen molar-refractivity contribution in [3.63, 3.8) is 0 Å². The molecule has 0 aliphatic heterocycles. The highest BCUT2D eigenvalue weighted by Crippen LogP contribution is 2.38. The van der Waals surface area contributed by atoms with Crippen molar-refractivity contribution in [2.45, 2.75) is 44.1 Å². The maximum atomic E-state index is 12.4.